The predicted octanol–water partition coefficient (Wildman–Crippen LogP) is 5.35. The van der Waals surface area contributed by atoms with E-state index >= 15 is 0 Å². The number of para-hydroxylation sites is 1. The Balaban J connectivity index is 1.56. The molecule has 0 aliphatic carbocycles. The van der Waals surface area contributed by atoms with Gasteiger partial charge in [-0.1, -0.05) is 48.5 Å². The summed E-state index contributed by atoms with van der Waals surface area (Å²) >= 11 is 0. The van der Waals surface area contributed by atoms with Crippen LogP contribution in [0.2, 0.25) is 0 Å². The van der Waals surface area contributed by atoms with Gasteiger partial charge in [0.2, 0.25) is 0 Å². The molecule has 4 heteroatoms. The van der Waals surface area contributed by atoms with E-state index < -0.39 is 5.82 Å². The Morgan fingerprint density at radius 2 is 1.48 bits per heavy atom. The third-order valence-electron chi connectivity index (χ3n) is 4.93. The van der Waals surface area contributed by atoms with E-state index in [4.69, 9.17) is 0 Å². The number of rotatable bonds is 4. The van der Waals surface area contributed by atoms with E-state index in [2.05, 4.69) is 10.2 Å². The summed E-state index contributed by atoms with van der Waals surface area (Å²) in [5.74, 6) is -0.714. The van der Waals surface area contributed by atoms with Crippen molar-refractivity contribution in [3.05, 3.63) is 84.2 Å². The van der Waals surface area contributed by atoms with Gasteiger partial charge in [-0.3, -0.25) is 4.79 Å². The lowest BCUT2D eigenvalue weighted by Gasteiger charge is -2.22. The first-order valence-corrected chi connectivity index (χ1v) is 9.23. The minimum absolute atomic E-state index is 0.261. The number of amides is 1. The molecule has 0 atom stereocenters. The fraction of sp³-hybridized carbons (Fsp3) is 0.174. The molecule has 1 aliphatic rings. The second-order valence-corrected chi connectivity index (χ2v) is 6.73. The maximum Gasteiger partial charge on any atom is 0.255 e. The molecule has 0 spiro atoms. The van der Waals surface area contributed by atoms with Gasteiger partial charge in [-0.15, -0.1) is 0 Å². The molecule has 1 N–H and O–H groups in total. The Morgan fingerprint density at radius 3 is 2.19 bits per heavy atom. The minimum atomic E-state index is -0.409. The second-order valence-electron chi connectivity index (χ2n) is 6.73. The van der Waals surface area contributed by atoms with Crippen LogP contribution in [0.4, 0.5) is 15.8 Å². The van der Waals surface area contributed by atoms with Crippen molar-refractivity contribution in [1.29, 1.82) is 0 Å². The summed E-state index contributed by atoms with van der Waals surface area (Å²) in [5, 5.41) is 2.78. The maximum atomic E-state index is 14.4. The van der Waals surface area contributed by atoms with Gasteiger partial charge in [0.25, 0.3) is 5.91 Å². The normalized spacial score (nSPS) is 13.6. The number of hydrogen-bond acceptors (Lipinski definition) is 2. The Labute approximate surface area is 158 Å². The van der Waals surface area contributed by atoms with Gasteiger partial charge in [0, 0.05) is 18.7 Å². The van der Waals surface area contributed by atoms with E-state index in [-0.39, 0.29) is 11.6 Å². The molecular weight excluding hydrogens is 339 g/mol. The average molecular weight is 360 g/mol. The molecule has 136 valence electrons. The SMILES string of the molecule is O=C(Nc1c(F)cccc1N1CCCC1)c1ccc(-c2ccccc2)cc1. The fourth-order valence-electron chi connectivity index (χ4n) is 3.49. The molecule has 1 saturated heterocycles. The molecule has 3 aromatic rings. The average Bonchev–Trinajstić information content (AvgIpc) is 3.25. The van der Waals surface area contributed by atoms with Crippen molar-refractivity contribution < 1.29 is 9.18 Å². The van der Waals surface area contributed by atoms with Crippen LogP contribution >= 0.6 is 0 Å². The minimum Gasteiger partial charge on any atom is -0.370 e. The van der Waals surface area contributed by atoms with Crippen LogP contribution in [0, 0.1) is 5.82 Å². The topological polar surface area (TPSA) is 32.3 Å². The van der Waals surface area contributed by atoms with Gasteiger partial charge in [-0.25, -0.2) is 4.39 Å². The molecule has 0 bridgehead atoms. The van der Waals surface area contributed by atoms with Crippen LogP contribution < -0.4 is 10.2 Å². The number of carbonyl (C=O) groups is 1. The molecule has 0 unspecified atom stereocenters. The number of carbonyl (C=O) groups excluding carboxylic acids is 1. The van der Waals surface area contributed by atoms with Crippen molar-refractivity contribution in [2.75, 3.05) is 23.3 Å². The summed E-state index contributed by atoms with van der Waals surface area (Å²) < 4.78 is 14.4. The van der Waals surface area contributed by atoms with Crippen LogP contribution in [-0.4, -0.2) is 19.0 Å². The largest absolute Gasteiger partial charge is 0.370 e. The molecule has 1 amide bonds. The molecule has 4 rings (SSSR count). The van der Waals surface area contributed by atoms with E-state index in [1.807, 2.05) is 48.5 Å². The van der Waals surface area contributed by atoms with Gasteiger partial charge in [0.1, 0.15) is 11.5 Å². The highest BCUT2D eigenvalue weighted by Crippen LogP contribution is 2.31. The van der Waals surface area contributed by atoms with Crippen LogP contribution in [0.1, 0.15) is 23.2 Å². The Hall–Kier alpha value is -3.14. The van der Waals surface area contributed by atoms with Crippen molar-refractivity contribution in [3.8, 4) is 11.1 Å². The highest BCUT2D eigenvalue weighted by molar-refractivity contribution is 6.06. The molecule has 27 heavy (non-hydrogen) atoms. The second kappa shape index (κ2) is 7.62. The molecule has 1 fully saturated rings. The van der Waals surface area contributed by atoms with Crippen LogP contribution in [0.15, 0.2) is 72.8 Å². The molecule has 1 aliphatic heterocycles. The molecule has 3 aromatic carbocycles. The Kier molecular flexibility index (Phi) is 4.88. The highest BCUT2D eigenvalue weighted by atomic mass is 19.1. The monoisotopic (exact) mass is 360 g/mol. The Morgan fingerprint density at radius 1 is 0.815 bits per heavy atom. The van der Waals surface area contributed by atoms with Gasteiger partial charge in [-0.2, -0.15) is 0 Å². The standard InChI is InChI=1S/C23H21FN2O/c24-20-9-6-10-21(26-15-4-5-16-26)22(20)25-23(27)19-13-11-18(12-14-19)17-7-2-1-3-8-17/h1-3,6-14H,4-5,15-16H2,(H,25,27). The molecule has 3 nitrogen and oxygen atoms in total. The first-order chi connectivity index (χ1) is 13.2. The lowest BCUT2D eigenvalue weighted by Crippen LogP contribution is -2.22. The highest BCUT2D eigenvalue weighted by Gasteiger charge is 2.20. The fourth-order valence-corrected chi connectivity index (χ4v) is 3.49. The molecule has 1 heterocycles. The number of halogens is 1. The van der Waals surface area contributed by atoms with Crippen molar-refractivity contribution in [2.24, 2.45) is 0 Å². The summed E-state index contributed by atoms with van der Waals surface area (Å²) in [6.45, 7) is 1.77. The van der Waals surface area contributed by atoms with Crippen molar-refractivity contribution in [1.82, 2.24) is 0 Å². The van der Waals surface area contributed by atoms with Gasteiger partial charge in [0.15, 0.2) is 0 Å². The van der Waals surface area contributed by atoms with E-state index in [0.717, 1.165) is 42.7 Å². The van der Waals surface area contributed by atoms with Crippen molar-refractivity contribution in [2.45, 2.75) is 12.8 Å². The summed E-state index contributed by atoms with van der Waals surface area (Å²) in [7, 11) is 0. The lowest BCUT2D eigenvalue weighted by atomic mass is 10.0. The number of nitrogens with zero attached hydrogens (tertiary/aromatic N) is 1. The summed E-state index contributed by atoms with van der Waals surface area (Å²) in [6, 6.07) is 22.3. The summed E-state index contributed by atoms with van der Waals surface area (Å²) in [4.78, 5) is 14.8. The van der Waals surface area contributed by atoms with Gasteiger partial charge >= 0.3 is 0 Å². The molecular formula is C23H21FN2O. The van der Waals surface area contributed by atoms with Gasteiger partial charge < -0.3 is 10.2 Å². The van der Waals surface area contributed by atoms with E-state index in [0.29, 0.717) is 5.56 Å². The summed E-state index contributed by atoms with van der Waals surface area (Å²) in [6.07, 6.45) is 2.18. The van der Waals surface area contributed by atoms with Gasteiger partial charge in [-0.05, 0) is 48.2 Å². The predicted molar refractivity (Wildman–Crippen MR) is 108 cm³/mol. The zero-order valence-corrected chi connectivity index (χ0v) is 15.0. The van der Waals surface area contributed by atoms with Crippen LogP contribution in [0.5, 0.6) is 0 Å². The maximum absolute atomic E-state index is 14.4. The summed E-state index contributed by atoms with van der Waals surface area (Å²) in [5.41, 5.74) is 3.65. The zero-order chi connectivity index (χ0) is 18.6. The number of nitrogens with one attached hydrogen (secondary N) is 1. The Bertz CT molecular complexity index is 932. The van der Waals surface area contributed by atoms with Crippen LogP contribution in [0.3, 0.4) is 0 Å². The van der Waals surface area contributed by atoms with Crippen LogP contribution in [-0.2, 0) is 0 Å². The van der Waals surface area contributed by atoms with Crippen molar-refractivity contribution >= 4 is 17.3 Å². The molecule has 0 aromatic heterocycles. The van der Waals surface area contributed by atoms with Crippen LogP contribution in [0.25, 0.3) is 11.1 Å². The molecule has 0 saturated carbocycles. The zero-order valence-electron chi connectivity index (χ0n) is 15.0. The van der Waals surface area contributed by atoms with E-state index in [1.165, 1.54) is 6.07 Å². The number of benzene rings is 3. The lowest BCUT2D eigenvalue weighted by molar-refractivity contribution is 0.102. The van der Waals surface area contributed by atoms with Crippen molar-refractivity contribution in [3.63, 3.8) is 0 Å². The number of anilines is 2. The third-order valence-corrected chi connectivity index (χ3v) is 4.93. The van der Waals surface area contributed by atoms with Gasteiger partial charge in [0.05, 0.1) is 5.69 Å². The quantitative estimate of drug-likeness (QED) is 0.681. The van der Waals surface area contributed by atoms with E-state index in [1.54, 1.807) is 18.2 Å². The smallest absolute Gasteiger partial charge is 0.255 e. The third kappa shape index (κ3) is 3.70. The first kappa shape index (κ1) is 17.3. The van der Waals surface area contributed by atoms with E-state index in [9.17, 15) is 9.18 Å². The molecule has 0 radical (unpaired) electrons. The first-order valence-electron chi connectivity index (χ1n) is 9.23. The number of hydrogen-bond donors (Lipinski definition) is 1.